The van der Waals surface area contributed by atoms with Crippen molar-refractivity contribution < 1.29 is 14.3 Å². The molecule has 0 unspecified atom stereocenters. The number of nitrogens with zero attached hydrogens (tertiary/aromatic N) is 1. The summed E-state index contributed by atoms with van der Waals surface area (Å²) in [4.78, 5) is 15.0. The summed E-state index contributed by atoms with van der Waals surface area (Å²) < 4.78 is 11.1. The number of likely N-dealkylation sites (tertiary alicyclic amines) is 1. The largest absolute Gasteiger partial charge is 0.486 e. The van der Waals surface area contributed by atoms with Gasteiger partial charge in [0.2, 0.25) is 0 Å². The lowest BCUT2D eigenvalue weighted by Gasteiger charge is -2.19. The Morgan fingerprint density at radius 1 is 1.04 bits per heavy atom. The Morgan fingerprint density at radius 2 is 1.81 bits per heavy atom. The molecule has 2 aromatic rings. The summed E-state index contributed by atoms with van der Waals surface area (Å²) in [5.41, 5.74) is 2.11. The van der Waals surface area contributed by atoms with E-state index < -0.39 is 0 Å². The van der Waals surface area contributed by atoms with E-state index in [1.54, 1.807) is 0 Å². The molecular formula is C22H25NO3. The maximum Gasteiger partial charge on any atom is 0.164 e. The molecule has 1 saturated heterocycles. The van der Waals surface area contributed by atoms with Gasteiger partial charge in [-0.1, -0.05) is 37.3 Å². The Labute approximate surface area is 154 Å². The summed E-state index contributed by atoms with van der Waals surface area (Å²) in [6.07, 6.45) is 0.536. The van der Waals surface area contributed by atoms with E-state index in [9.17, 15) is 4.79 Å². The van der Waals surface area contributed by atoms with Gasteiger partial charge in [0.05, 0.1) is 0 Å². The van der Waals surface area contributed by atoms with Crippen LogP contribution >= 0.6 is 0 Å². The predicted molar refractivity (Wildman–Crippen MR) is 101 cm³/mol. The van der Waals surface area contributed by atoms with Gasteiger partial charge in [-0.05, 0) is 29.7 Å². The Bertz CT molecular complexity index is 774. The zero-order valence-corrected chi connectivity index (χ0v) is 15.2. The van der Waals surface area contributed by atoms with Gasteiger partial charge in [-0.25, -0.2) is 0 Å². The van der Waals surface area contributed by atoms with Crippen LogP contribution in [-0.2, 0) is 0 Å². The molecule has 4 heteroatoms. The standard InChI is InChI=1S/C22H25NO3/c1-16-14-23(15-19(16)17-5-3-2-4-6-17)10-9-20(24)18-7-8-21-22(13-18)26-12-11-25-21/h2-8,13,16,19H,9-12,14-15H2,1H3/t16-,19+/m0/s1. The van der Waals surface area contributed by atoms with Crippen LogP contribution in [0, 0.1) is 5.92 Å². The van der Waals surface area contributed by atoms with Gasteiger partial charge in [0, 0.05) is 37.5 Å². The first-order valence-corrected chi connectivity index (χ1v) is 9.41. The van der Waals surface area contributed by atoms with E-state index >= 15 is 0 Å². The van der Waals surface area contributed by atoms with Gasteiger partial charge in [-0.3, -0.25) is 4.79 Å². The maximum atomic E-state index is 12.6. The van der Waals surface area contributed by atoms with Crippen molar-refractivity contribution in [2.45, 2.75) is 19.3 Å². The Hall–Kier alpha value is -2.33. The SMILES string of the molecule is C[C@H]1CN(CCC(=O)c2ccc3c(c2)OCCO3)C[C@H]1c1ccccc1. The molecule has 0 aliphatic carbocycles. The van der Waals surface area contributed by atoms with Crippen molar-refractivity contribution in [1.29, 1.82) is 0 Å². The number of hydrogen-bond donors (Lipinski definition) is 0. The lowest BCUT2D eigenvalue weighted by Crippen LogP contribution is -2.24. The minimum Gasteiger partial charge on any atom is -0.486 e. The van der Waals surface area contributed by atoms with Crippen LogP contribution in [0.15, 0.2) is 48.5 Å². The third-order valence-electron chi connectivity index (χ3n) is 5.43. The molecule has 0 saturated carbocycles. The molecule has 2 heterocycles. The second-order valence-electron chi connectivity index (χ2n) is 7.29. The van der Waals surface area contributed by atoms with Crippen molar-refractivity contribution >= 4 is 5.78 Å². The molecule has 4 nitrogen and oxygen atoms in total. The van der Waals surface area contributed by atoms with Crippen molar-refractivity contribution in [1.82, 2.24) is 4.90 Å². The monoisotopic (exact) mass is 351 g/mol. The van der Waals surface area contributed by atoms with Gasteiger partial charge in [0.25, 0.3) is 0 Å². The third kappa shape index (κ3) is 3.61. The van der Waals surface area contributed by atoms with Crippen LogP contribution in [0.3, 0.4) is 0 Å². The molecule has 26 heavy (non-hydrogen) atoms. The molecule has 1 fully saturated rings. The molecule has 2 atom stereocenters. The van der Waals surface area contributed by atoms with Gasteiger partial charge in [0.15, 0.2) is 17.3 Å². The summed E-state index contributed by atoms with van der Waals surface area (Å²) >= 11 is 0. The van der Waals surface area contributed by atoms with Crippen LogP contribution < -0.4 is 9.47 Å². The highest BCUT2D eigenvalue weighted by atomic mass is 16.6. The van der Waals surface area contributed by atoms with Crippen LogP contribution in [0.1, 0.15) is 35.2 Å². The number of carbonyl (C=O) groups excluding carboxylic acids is 1. The Balaban J connectivity index is 1.35. The normalized spacial score (nSPS) is 22.3. The van der Waals surface area contributed by atoms with E-state index in [0.717, 1.165) is 25.4 Å². The van der Waals surface area contributed by atoms with Gasteiger partial charge in [-0.15, -0.1) is 0 Å². The average Bonchev–Trinajstić information content (AvgIpc) is 3.07. The van der Waals surface area contributed by atoms with E-state index in [0.29, 0.717) is 42.8 Å². The number of ether oxygens (including phenoxy) is 2. The third-order valence-corrected chi connectivity index (χ3v) is 5.43. The number of fused-ring (bicyclic) bond motifs is 1. The van der Waals surface area contributed by atoms with Crippen molar-refractivity contribution in [2.24, 2.45) is 5.92 Å². The van der Waals surface area contributed by atoms with Gasteiger partial charge in [-0.2, -0.15) is 0 Å². The molecule has 0 bridgehead atoms. The molecule has 4 rings (SSSR count). The highest BCUT2D eigenvalue weighted by Gasteiger charge is 2.30. The first-order chi connectivity index (χ1) is 12.7. The lowest BCUT2D eigenvalue weighted by molar-refractivity contribution is 0.0967. The molecule has 2 aromatic carbocycles. The fourth-order valence-electron chi connectivity index (χ4n) is 4.00. The van der Waals surface area contributed by atoms with Crippen LogP contribution in [0.2, 0.25) is 0 Å². The average molecular weight is 351 g/mol. The minimum absolute atomic E-state index is 0.165. The quantitative estimate of drug-likeness (QED) is 0.769. The molecule has 0 N–H and O–H groups in total. The molecule has 0 aromatic heterocycles. The molecule has 0 amide bonds. The van der Waals surface area contributed by atoms with Crippen molar-refractivity contribution in [3.63, 3.8) is 0 Å². The number of carbonyl (C=O) groups is 1. The van der Waals surface area contributed by atoms with E-state index in [1.807, 2.05) is 18.2 Å². The Kier molecular flexibility index (Phi) is 4.93. The second-order valence-corrected chi connectivity index (χ2v) is 7.29. The van der Waals surface area contributed by atoms with Gasteiger partial charge in [0.1, 0.15) is 13.2 Å². The Morgan fingerprint density at radius 3 is 2.62 bits per heavy atom. The lowest BCUT2D eigenvalue weighted by atomic mass is 9.90. The van der Waals surface area contributed by atoms with Crippen LogP contribution in [0.4, 0.5) is 0 Å². The number of ketones is 1. The molecule has 2 aliphatic heterocycles. The van der Waals surface area contributed by atoms with Crippen molar-refractivity contribution in [3.05, 3.63) is 59.7 Å². The first-order valence-electron chi connectivity index (χ1n) is 9.41. The van der Waals surface area contributed by atoms with E-state index in [4.69, 9.17) is 9.47 Å². The van der Waals surface area contributed by atoms with Gasteiger partial charge < -0.3 is 14.4 Å². The molecular weight excluding hydrogens is 326 g/mol. The summed E-state index contributed by atoms with van der Waals surface area (Å²) in [6.45, 7) is 6.29. The zero-order chi connectivity index (χ0) is 17.9. The predicted octanol–water partition coefficient (Wildman–Crippen LogP) is 3.77. The van der Waals surface area contributed by atoms with E-state index in [2.05, 4.69) is 42.2 Å². The zero-order valence-electron chi connectivity index (χ0n) is 15.2. The summed E-state index contributed by atoms with van der Waals surface area (Å²) in [5.74, 6) is 2.74. The fraction of sp³-hybridized carbons (Fsp3) is 0.409. The maximum absolute atomic E-state index is 12.6. The van der Waals surface area contributed by atoms with Crippen LogP contribution in [0.25, 0.3) is 0 Å². The molecule has 0 spiro atoms. The van der Waals surface area contributed by atoms with Gasteiger partial charge >= 0.3 is 0 Å². The number of benzene rings is 2. The van der Waals surface area contributed by atoms with Crippen molar-refractivity contribution in [3.8, 4) is 11.5 Å². The summed E-state index contributed by atoms with van der Waals surface area (Å²) in [5, 5.41) is 0. The molecule has 2 aliphatic rings. The smallest absolute Gasteiger partial charge is 0.164 e. The number of rotatable bonds is 5. The fourth-order valence-corrected chi connectivity index (χ4v) is 4.00. The van der Waals surface area contributed by atoms with E-state index in [-0.39, 0.29) is 5.78 Å². The number of Topliss-reactive ketones (excluding diaryl/α,β-unsaturated/α-hetero) is 1. The second kappa shape index (κ2) is 7.50. The summed E-state index contributed by atoms with van der Waals surface area (Å²) in [7, 11) is 0. The molecule has 136 valence electrons. The topological polar surface area (TPSA) is 38.8 Å². The van der Waals surface area contributed by atoms with Crippen molar-refractivity contribution in [2.75, 3.05) is 32.8 Å². The first kappa shape index (κ1) is 17.1. The van der Waals surface area contributed by atoms with E-state index in [1.165, 1.54) is 5.56 Å². The van der Waals surface area contributed by atoms with Crippen LogP contribution in [-0.4, -0.2) is 43.5 Å². The minimum atomic E-state index is 0.165. The summed E-state index contributed by atoms with van der Waals surface area (Å²) in [6, 6.07) is 16.2. The van der Waals surface area contributed by atoms with Crippen LogP contribution in [0.5, 0.6) is 11.5 Å². The molecule has 0 radical (unpaired) electrons. The highest BCUT2D eigenvalue weighted by Crippen LogP contribution is 2.33. The number of hydrogen-bond acceptors (Lipinski definition) is 4. The highest BCUT2D eigenvalue weighted by molar-refractivity contribution is 5.96.